The molecule has 0 spiro atoms. The molecule has 5 atom stereocenters. The number of likely N-dealkylation sites (N-methyl/N-ethyl adjacent to an activating group) is 1. The summed E-state index contributed by atoms with van der Waals surface area (Å²) in [6.07, 6.45) is -0.390. The van der Waals surface area contributed by atoms with Crippen molar-refractivity contribution in [3.63, 3.8) is 0 Å². The van der Waals surface area contributed by atoms with Gasteiger partial charge in [0.2, 0.25) is 5.91 Å². The fraction of sp³-hybridized carbons (Fsp3) is 0.611. The van der Waals surface area contributed by atoms with Crippen LogP contribution in [0.3, 0.4) is 0 Å². The molecule has 0 bridgehead atoms. The van der Waals surface area contributed by atoms with E-state index in [0.29, 0.717) is 31.5 Å². The van der Waals surface area contributed by atoms with Gasteiger partial charge < -0.3 is 15.1 Å². The number of amides is 1. The molecule has 1 heterocycles. The van der Waals surface area contributed by atoms with E-state index in [-0.39, 0.29) is 23.6 Å². The largest absolute Gasteiger partial charge is 0.390 e. The molecule has 6 heteroatoms. The van der Waals surface area contributed by atoms with Gasteiger partial charge in [-0.25, -0.2) is 4.39 Å². The summed E-state index contributed by atoms with van der Waals surface area (Å²) in [6, 6.07) is 5.70. The van der Waals surface area contributed by atoms with Crippen molar-refractivity contribution in [2.45, 2.75) is 31.1 Å². The first-order valence-corrected chi connectivity index (χ1v) is 8.44. The molecule has 1 aliphatic heterocycles. The van der Waals surface area contributed by atoms with Crippen LogP contribution in [-0.4, -0.2) is 65.3 Å². The first-order valence-electron chi connectivity index (χ1n) is 8.44. The summed E-state index contributed by atoms with van der Waals surface area (Å²) in [6.45, 7) is 1.12. The molecule has 3 rings (SSSR count). The number of hydrogen-bond acceptors (Lipinski definition) is 4. The normalized spacial score (nSPS) is 31.2. The molecular formula is C18H25FN2O3. The number of carbonyl (C=O) groups excluding carboxylic acids is 1. The molecule has 24 heavy (non-hydrogen) atoms. The summed E-state index contributed by atoms with van der Waals surface area (Å²) < 4.78 is 14.2. The minimum atomic E-state index is -0.711. The molecule has 1 amide bonds. The number of fused-ring (bicyclic) bond motifs is 1. The third-order valence-electron chi connectivity index (χ3n) is 5.37. The smallest absolute Gasteiger partial charge is 0.244 e. The number of likely N-dealkylation sites (tertiary alicyclic amines) is 1. The summed E-state index contributed by atoms with van der Waals surface area (Å²) in [5, 5.41) is 19.7. The molecule has 1 saturated heterocycles. The zero-order chi connectivity index (χ0) is 17.4. The van der Waals surface area contributed by atoms with Crippen molar-refractivity contribution in [2.24, 2.45) is 11.8 Å². The van der Waals surface area contributed by atoms with E-state index >= 15 is 0 Å². The number of aliphatic hydroxyl groups is 2. The summed E-state index contributed by atoms with van der Waals surface area (Å²) in [5.41, 5.74) is 0.377. The van der Waals surface area contributed by atoms with Gasteiger partial charge in [0, 0.05) is 18.7 Å². The molecule has 0 radical (unpaired) electrons. The fourth-order valence-electron chi connectivity index (χ4n) is 4.09. The van der Waals surface area contributed by atoms with Crippen LogP contribution in [0.1, 0.15) is 24.4 Å². The highest BCUT2D eigenvalue weighted by molar-refractivity contribution is 5.83. The van der Waals surface area contributed by atoms with Crippen molar-refractivity contribution in [2.75, 3.05) is 27.2 Å². The lowest BCUT2D eigenvalue weighted by Gasteiger charge is -2.31. The monoisotopic (exact) mass is 336 g/mol. The molecule has 1 unspecified atom stereocenters. The van der Waals surface area contributed by atoms with Crippen LogP contribution >= 0.6 is 0 Å². The molecule has 2 fully saturated rings. The van der Waals surface area contributed by atoms with Gasteiger partial charge in [-0.3, -0.25) is 9.69 Å². The van der Waals surface area contributed by atoms with Gasteiger partial charge in [-0.15, -0.1) is 0 Å². The predicted molar refractivity (Wildman–Crippen MR) is 87.6 cm³/mol. The van der Waals surface area contributed by atoms with Crippen LogP contribution in [0.25, 0.3) is 0 Å². The Morgan fingerprint density at radius 2 is 1.71 bits per heavy atom. The van der Waals surface area contributed by atoms with Gasteiger partial charge in [0.15, 0.2) is 0 Å². The van der Waals surface area contributed by atoms with Crippen molar-refractivity contribution in [1.29, 1.82) is 0 Å². The van der Waals surface area contributed by atoms with E-state index in [2.05, 4.69) is 0 Å². The SMILES string of the molecule is CN(C)C(C(=O)N1C[C@H]2C[C@H](O)[C@H](O)C[C@H]2C1)c1ccccc1F. The number of aliphatic hydroxyl groups excluding tert-OH is 2. The second kappa shape index (κ2) is 6.78. The fourth-order valence-corrected chi connectivity index (χ4v) is 4.09. The minimum absolute atomic E-state index is 0.122. The maximum atomic E-state index is 14.2. The number of carbonyl (C=O) groups is 1. The third kappa shape index (κ3) is 3.18. The number of benzene rings is 1. The van der Waals surface area contributed by atoms with E-state index in [4.69, 9.17) is 0 Å². The molecule has 132 valence electrons. The Hall–Kier alpha value is -1.50. The van der Waals surface area contributed by atoms with E-state index in [1.54, 1.807) is 42.1 Å². The Bertz CT molecular complexity index is 592. The van der Waals surface area contributed by atoms with Crippen molar-refractivity contribution in [1.82, 2.24) is 9.80 Å². The highest BCUT2D eigenvalue weighted by Crippen LogP contribution is 2.38. The van der Waals surface area contributed by atoms with E-state index in [9.17, 15) is 19.4 Å². The Balaban J connectivity index is 1.79. The highest BCUT2D eigenvalue weighted by atomic mass is 19.1. The first kappa shape index (κ1) is 17.3. The molecule has 1 aromatic rings. The van der Waals surface area contributed by atoms with Crippen LogP contribution < -0.4 is 0 Å². The number of hydrogen-bond donors (Lipinski definition) is 2. The Morgan fingerprint density at radius 1 is 1.17 bits per heavy atom. The number of nitrogens with zero attached hydrogens (tertiary/aromatic N) is 2. The van der Waals surface area contributed by atoms with Gasteiger partial charge in [0.1, 0.15) is 11.9 Å². The van der Waals surface area contributed by atoms with E-state index in [1.165, 1.54) is 6.07 Å². The van der Waals surface area contributed by atoms with Gasteiger partial charge in [-0.2, -0.15) is 0 Å². The average Bonchev–Trinajstić information content (AvgIpc) is 2.92. The standard InChI is InChI=1S/C18H25FN2O3/c1-20(2)17(13-5-3-4-6-14(13)19)18(24)21-9-11-7-15(22)16(23)8-12(11)10-21/h3-6,11-12,15-17,22-23H,7-10H2,1-2H3/t11-,12+,15+,16-,17?. The molecular weight excluding hydrogens is 311 g/mol. The summed E-state index contributed by atoms with van der Waals surface area (Å²) in [7, 11) is 3.54. The van der Waals surface area contributed by atoms with E-state index in [1.807, 2.05) is 0 Å². The molecule has 2 N–H and O–H groups in total. The summed E-state index contributed by atoms with van der Waals surface area (Å²) in [4.78, 5) is 16.5. The first-order chi connectivity index (χ1) is 11.4. The Labute approximate surface area is 141 Å². The Morgan fingerprint density at radius 3 is 2.21 bits per heavy atom. The van der Waals surface area contributed by atoms with Crippen LogP contribution in [-0.2, 0) is 4.79 Å². The van der Waals surface area contributed by atoms with Crippen LogP contribution in [0.4, 0.5) is 4.39 Å². The lowest BCUT2D eigenvalue weighted by atomic mass is 9.79. The van der Waals surface area contributed by atoms with Gasteiger partial charge >= 0.3 is 0 Å². The molecule has 1 aromatic carbocycles. The maximum absolute atomic E-state index is 14.2. The maximum Gasteiger partial charge on any atom is 0.244 e. The van der Waals surface area contributed by atoms with Crippen LogP contribution in [0.5, 0.6) is 0 Å². The molecule has 1 aliphatic carbocycles. The second-order valence-electron chi connectivity index (χ2n) is 7.26. The van der Waals surface area contributed by atoms with E-state index in [0.717, 1.165) is 0 Å². The quantitative estimate of drug-likeness (QED) is 0.865. The van der Waals surface area contributed by atoms with Crippen LogP contribution in [0, 0.1) is 17.7 Å². The van der Waals surface area contributed by atoms with Gasteiger partial charge in [0.05, 0.1) is 12.2 Å². The second-order valence-corrected chi connectivity index (χ2v) is 7.26. The van der Waals surface area contributed by atoms with E-state index < -0.39 is 18.2 Å². The van der Waals surface area contributed by atoms with Crippen molar-refractivity contribution >= 4 is 5.91 Å². The van der Waals surface area contributed by atoms with Gasteiger partial charge in [0.25, 0.3) is 0 Å². The predicted octanol–water partition coefficient (Wildman–Crippen LogP) is 1.02. The Kier molecular flexibility index (Phi) is 4.90. The van der Waals surface area contributed by atoms with Crippen molar-refractivity contribution in [3.05, 3.63) is 35.6 Å². The van der Waals surface area contributed by atoms with Crippen LogP contribution in [0.15, 0.2) is 24.3 Å². The van der Waals surface area contributed by atoms with Crippen molar-refractivity contribution < 1.29 is 19.4 Å². The lowest BCUT2D eigenvalue weighted by molar-refractivity contribution is -0.135. The molecule has 5 nitrogen and oxygen atoms in total. The van der Waals surface area contributed by atoms with Crippen LogP contribution in [0.2, 0.25) is 0 Å². The highest BCUT2D eigenvalue weighted by Gasteiger charge is 2.44. The number of rotatable bonds is 3. The zero-order valence-corrected chi connectivity index (χ0v) is 14.1. The minimum Gasteiger partial charge on any atom is -0.390 e. The average molecular weight is 336 g/mol. The lowest BCUT2D eigenvalue weighted by Crippen LogP contribution is -2.40. The summed E-state index contributed by atoms with van der Waals surface area (Å²) in [5.74, 6) is -0.0953. The third-order valence-corrected chi connectivity index (χ3v) is 5.37. The van der Waals surface area contributed by atoms with Gasteiger partial charge in [-0.1, -0.05) is 18.2 Å². The summed E-state index contributed by atoms with van der Waals surface area (Å²) >= 11 is 0. The molecule has 0 aromatic heterocycles. The molecule has 1 saturated carbocycles. The molecule has 2 aliphatic rings. The van der Waals surface area contributed by atoms with Gasteiger partial charge in [-0.05, 0) is 44.8 Å². The van der Waals surface area contributed by atoms with Crippen molar-refractivity contribution in [3.8, 4) is 0 Å². The number of halogens is 1. The topological polar surface area (TPSA) is 64.0 Å². The zero-order valence-electron chi connectivity index (χ0n) is 14.1.